The summed E-state index contributed by atoms with van der Waals surface area (Å²) in [5.41, 5.74) is 0. The summed E-state index contributed by atoms with van der Waals surface area (Å²) in [7, 11) is 0. The molecule has 3 N–H and O–H groups in total. The van der Waals surface area contributed by atoms with Crippen molar-refractivity contribution in [3.63, 3.8) is 0 Å². The van der Waals surface area contributed by atoms with Crippen LogP contribution in [0, 0.1) is 0 Å². The first kappa shape index (κ1) is 54.6. The Morgan fingerprint density at radius 3 is 1.30 bits per heavy atom. The normalized spacial score (nSPS) is 13.3. The molecule has 6 heteroatoms. The lowest BCUT2D eigenvalue weighted by molar-refractivity contribution is -0.151. The van der Waals surface area contributed by atoms with E-state index in [9.17, 15) is 19.8 Å². The van der Waals surface area contributed by atoms with E-state index >= 15 is 0 Å². The lowest BCUT2D eigenvalue weighted by Gasteiger charge is -2.24. The van der Waals surface area contributed by atoms with Crippen molar-refractivity contribution in [1.29, 1.82) is 0 Å². The van der Waals surface area contributed by atoms with Gasteiger partial charge in [0.1, 0.15) is 6.10 Å². The number of ether oxygens (including phenoxy) is 1. The lowest BCUT2D eigenvalue weighted by atomic mass is 10.0. The van der Waals surface area contributed by atoms with Crippen LogP contribution in [-0.2, 0) is 14.3 Å². The number of nitrogens with one attached hydrogen (secondary N) is 1. The highest BCUT2D eigenvalue weighted by atomic mass is 16.5. The number of allylic oxidation sites excluding steroid dienone is 2. The Morgan fingerprint density at radius 2 is 0.875 bits per heavy atom. The maximum atomic E-state index is 13.1. The third-order valence-electron chi connectivity index (χ3n) is 11.6. The van der Waals surface area contributed by atoms with Crippen LogP contribution in [0.3, 0.4) is 0 Å². The largest absolute Gasteiger partial charge is 0.462 e. The van der Waals surface area contributed by atoms with Gasteiger partial charge in [-0.2, -0.15) is 0 Å². The fourth-order valence-corrected chi connectivity index (χ4v) is 7.78. The minimum Gasteiger partial charge on any atom is -0.462 e. The number of aliphatic hydroxyl groups excluding tert-OH is 2. The third kappa shape index (κ3) is 39.4. The summed E-state index contributed by atoms with van der Waals surface area (Å²) in [6.07, 6.45) is 48.5. The summed E-state index contributed by atoms with van der Waals surface area (Å²) in [6.45, 7) is 6.46. The van der Waals surface area contributed by atoms with Gasteiger partial charge in [0.05, 0.1) is 25.2 Å². The zero-order valence-corrected chi connectivity index (χ0v) is 37.8. The minimum atomic E-state index is -0.786. The van der Waals surface area contributed by atoms with Gasteiger partial charge in [-0.1, -0.05) is 226 Å². The van der Waals surface area contributed by atoms with Gasteiger partial charge in [-0.3, -0.25) is 9.59 Å². The monoisotopic (exact) mass is 792 g/mol. The van der Waals surface area contributed by atoms with Crippen LogP contribution in [0.25, 0.3) is 0 Å². The number of carbonyl (C=O) groups is 2. The fourth-order valence-electron chi connectivity index (χ4n) is 7.78. The standard InChI is InChI=1S/C50H97NO5/c1-4-7-10-13-16-19-21-22-23-24-25-26-28-31-34-37-40-43-50(55)56-46(41-38-35-32-30-27-20-17-14-11-8-5-2)44-49(54)51-47(45-52)48(53)42-39-36-33-29-18-15-12-9-6-3/h30,32,46-48,52-53H,4-29,31,33-45H2,1-3H3,(H,51,54)/b32-30-. The van der Waals surface area contributed by atoms with E-state index in [0.29, 0.717) is 19.3 Å². The first-order chi connectivity index (χ1) is 27.5. The number of amides is 1. The zero-order valence-electron chi connectivity index (χ0n) is 37.8. The average molecular weight is 792 g/mol. The summed E-state index contributed by atoms with van der Waals surface area (Å²) in [5.74, 6) is -0.490. The number of rotatable bonds is 45. The molecule has 0 heterocycles. The summed E-state index contributed by atoms with van der Waals surface area (Å²) < 4.78 is 5.90. The topological polar surface area (TPSA) is 95.9 Å². The van der Waals surface area contributed by atoms with Crippen molar-refractivity contribution in [3.8, 4) is 0 Å². The molecular weight excluding hydrogens is 695 g/mol. The third-order valence-corrected chi connectivity index (χ3v) is 11.6. The molecular formula is C50H97NO5. The van der Waals surface area contributed by atoms with E-state index in [0.717, 1.165) is 57.8 Å². The van der Waals surface area contributed by atoms with Gasteiger partial charge in [-0.15, -0.1) is 0 Å². The van der Waals surface area contributed by atoms with Crippen molar-refractivity contribution < 1.29 is 24.5 Å². The number of aliphatic hydroxyl groups is 2. The second kappa shape index (κ2) is 44.7. The molecule has 0 aliphatic heterocycles. The number of hydrogen-bond acceptors (Lipinski definition) is 5. The smallest absolute Gasteiger partial charge is 0.306 e. The first-order valence-electron chi connectivity index (χ1n) is 24.9. The van der Waals surface area contributed by atoms with E-state index in [1.165, 1.54) is 167 Å². The van der Waals surface area contributed by atoms with E-state index < -0.39 is 18.2 Å². The number of unbranched alkanes of at least 4 members (excludes halogenated alkanes) is 31. The molecule has 56 heavy (non-hydrogen) atoms. The highest BCUT2D eigenvalue weighted by molar-refractivity contribution is 5.77. The molecule has 1 amide bonds. The Balaban J connectivity index is 4.49. The average Bonchev–Trinajstić information content (AvgIpc) is 3.19. The molecule has 0 aliphatic rings. The van der Waals surface area contributed by atoms with Gasteiger partial charge >= 0.3 is 5.97 Å². The SMILES string of the molecule is CCCCCCCC/C=C\CCCC(CC(=O)NC(CO)C(O)CCCCCCCCCCC)OC(=O)CCCCCCCCCCCCCCCCCCC. The Labute approximate surface area is 349 Å². The molecule has 3 unspecified atom stereocenters. The predicted octanol–water partition coefficient (Wildman–Crippen LogP) is 14.6. The fraction of sp³-hybridized carbons (Fsp3) is 0.920. The van der Waals surface area contributed by atoms with Crippen molar-refractivity contribution in [1.82, 2.24) is 5.32 Å². The number of carbonyl (C=O) groups excluding carboxylic acids is 2. The minimum absolute atomic E-state index is 0.0630. The van der Waals surface area contributed by atoms with Gasteiger partial charge in [0, 0.05) is 6.42 Å². The van der Waals surface area contributed by atoms with Crippen LogP contribution in [0.15, 0.2) is 12.2 Å². The Morgan fingerprint density at radius 1 is 0.500 bits per heavy atom. The summed E-state index contributed by atoms with van der Waals surface area (Å²) >= 11 is 0. The first-order valence-corrected chi connectivity index (χ1v) is 24.9. The zero-order chi connectivity index (χ0) is 41.0. The van der Waals surface area contributed by atoms with E-state index in [-0.39, 0.29) is 24.9 Å². The number of hydrogen-bond donors (Lipinski definition) is 3. The molecule has 0 aliphatic carbocycles. The van der Waals surface area contributed by atoms with Crippen LogP contribution in [0.1, 0.15) is 271 Å². The molecule has 6 nitrogen and oxygen atoms in total. The molecule has 0 aromatic rings. The quantitative estimate of drug-likeness (QED) is 0.0324. The van der Waals surface area contributed by atoms with Crippen molar-refractivity contribution in [3.05, 3.63) is 12.2 Å². The maximum absolute atomic E-state index is 13.1. The second-order valence-corrected chi connectivity index (χ2v) is 17.2. The lowest BCUT2D eigenvalue weighted by Crippen LogP contribution is -2.46. The van der Waals surface area contributed by atoms with Crippen LogP contribution in [0.5, 0.6) is 0 Å². The molecule has 0 bridgehead atoms. The molecule has 0 saturated carbocycles. The van der Waals surface area contributed by atoms with Crippen molar-refractivity contribution in [2.45, 2.75) is 289 Å². The van der Waals surface area contributed by atoms with Crippen LogP contribution in [-0.4, -0.2) is 46.9 Å². The Bertz CT molecular complexity index is 847. The molecule has 0 fully saturated rings. The summed E-state index contributed by atoms with van der Waals surface area (Å²) in [4.78, 5) is 26.0. The molecule has 0 spiro atoms. The van der Waals surface area contributed by atoms with Gasteiger partial charge < -0.3 is 20.3 Å². The van der Waals surface area contributed by atoms with Gasteiger partial charge in [-0.25, -0.2) is 0 Å². The molecule has 332 valence electrons. The van der Waals surface area contributed by atoms with Crippen LogP contribution in [0.2, 0.25) is 0 Å². The summed E-state index contributed by atoms with van der Waals surface area (Å²) in [6, 6.07) is -0.701. The van der Waals surface area contributed by atoms with Gasteiger partial charge in [-0.05, 0) is 44.9 Å². The van der Waals surface area contributed by atoms with E-state index in [2.05, 4.69) is 38.2 Å². The molecule has 0 radical (unpaired) electrons. The summed E-state index contributed by atoms with van der Waals surface area (Å²) in [5, 5.41) is 23.6. The Kier molecular flexibility index (Phi) is 43.6. The van der Waals surface area contributed by atoms with Crippen molar-refractivity contribution >= 4 is 11.9 Å². The van der Waals surface area contributed by atoms with E-state index in [4.69, 9.17) is 4.74 Å². The van der Waals surface area contributed by atoms with E-state index in [1.54, 1.807) is 0 Å². The molecule has 3 atom stereocenters. The predicted molar refractivity (Wildman–Crippen MR) is 241 cm³/mol. The molecule has 0 aromatic heterocycles. The maximum Gasteiger partial charge on any atom is 0.306 e. The second-order valence-electron chi connectivity index (χ2n) is 17.2. The van der Waals surface area contributed by atoms with E-state index in [1.807, 2.05) is 0 Å². The van der Waals surface area contributed by atoms with Gasteiger partial charge in [0.15, 0.2) is 0 Å². The van der Waals surface area contributed by atoms with Crippen LogP contribution >= 0.6 is 0 Å². The van der Waals surface area contributed by atoms with Gasteiger partial charge in [0.25, 0.3) is 0 Å². The highest BCUT2D eigenvalue weighted by Crippen LogP contribution is 2.18. The van der Waals surface area contributed by atoms with Crippen LogP contribution < -0.4 is 5.32 Å². The van der Waals surface area contributed by atoms with Crippen LogP contribution in [0.4, 0.5) is 0 Å². The van der Waals surface area contributed by atoms with Crippen molar-refractivity contribution in [2.75, 3.05) is 6.61 Å². The highest BCUT2D eigenvalue weighted by Gasteiger charge is 2.24. The Hall–Kier alpha value is -1.40. The van der Waals surface area contributed by atoms with Gasteiger partial charge in [0.2, 0.25) is 5.91 Å². The molecule has 0 saturated heterocycles. The molecule has 0 rings (SSSR count). The number of esters is 1. The molecule has 0 aromatic carbocycles. The van der Waals surface area contributed by atoms with Crippen molar-refractivity contribution in [2.24, 2.45) is 0 Å².